The van der Waals surface area contributed by atoms with Gasteiger partial charge in [-0.25, -0.2) is 8.42 Å². The number of benzene rings is 2. The molecule has 0 atom stereocenters. The molecule has 0 amide bonds. The zero-order valence-corrected chi connectivity index (χ0v) is 16.3. The molecule has 7 heteroatoms. The molecule has 1 heterocycles. The predicted molar refractivity (Wildman–Crippen MR) is 103 cm³/mol. The Morgan fingerprint density at radius 2 is 1.60 bits per heavy atom. The maximum Gasteiger partial charge on any atom is 0.246 e. The number of halogens is 2. The Morgan fingerprint density at radius 3 is 2.24 bits per heavy atom. The van der Waals surface area contributed by atoms with Gasteiger partial charge in [-0.05, 0) is 36.6 Å². The van der Waals surface area contributed by atoms with Crippen LogP contribution in [0.1, 0.15) is 18.4 Å². The highest BCUT2D eigenvalue weighted by atomic mass is 35.5. The van der Waals surface area contributed by atoms with Crippen molar-refractivity contribution >= 4 is 38.9 Å². The summed E-state index contributed by atoms with van der Waals surface area (Å²) >= 11 is 12.2. The van der Waals surface area contributed by atoms with Gasteiger partial charge in [0.25, 0.3) is 0 Å². The zero-order valence-electron chi connectivity index (χ0n) is 14.0. The fourth-order valence-electron chi connectivity index (χ4n) is 3.12. The molecule has 3 rings (SSSR count). The van der Waals surface area contributed by atoms with E-state index in [2.05, 4.69) is 4.90 Å². The lowest BCUT2D eigenvalue weighted by molar-refractivity contribution is 0.467. The highest BCUT2D eigenvalue weighted by Gasteiger charge is 2.27. The largest absolute Gasteiger partial charge is 0.371 e. The van der Waals surface area contributed by atoms with Crippen LogP contribution in [0.4, 0.5) is 5.69 Å². The van der Waals surface area contributed by atoms with Gasteiger partial charge in [0.2, 0.25) is 10.0 Å². The van der Waals surface area contributed by atoms with Crippen molar-refractivity contribution in [1.82, 2.24) is 4.31 Å². The van der Waals surface area contributed by atoms with Crippen molar-refractivity contribution in [3.8, 4) is 0 Å². The van der Waals surface area contributed by atoms with Crippen LogP contribution in [0.5, 0.6) is 0 Å². The van der Waals surface area contributed by atoms with Crippen molar-refractivity contribution in [2.75, 3.05) is 25.0 Å². The Bertz CT molecular complexity index is 845. The Morgan fingerprint density at radius 1 is 1.00 bits per heavy atom. The lowest BCUT2D eigenvalue weighted by Crippen LogP contribution is -2.28. The van der Waals surface area contributed by atoms with E-state index in [0.717, 1.165) is 37.2 Å². The summed E-state index contributed by atoms with van der Waals surface area (Å²) in [5, 5.41) is 0.263. The Balaban J connectivity index is 1.91. The zero-order chi connectivity index (χ0) is 18.0. The standard InChI is InChI=1S/C18H20Cl2N2O2S/c1-21(25(23,24)18-15(19)8-6-9-16(18)20)13-14-7-2-3-10-17(14)22-11-4-5-12-22/h2-3,6-10H,4-5,11-13H2,1H3. The fraction of sp³-hybridized carbons (Fsp3) is 0.333. The Hall–Kier alpha value is -1.27. The van der Waals surface area contributed by atoms with E-state index >= 15 is 0 Å². The summed E-state index contributed by atoms with van der Waals surface area (Å²) in [6, 6.07) is 12.6. The summed E-state index contributed by atoms with van der Waals surface area (Å²) in [5.74, 6) is 0. The molecule has 0 unspecified atom stereocenters. The summed E-state index contributed by atoms with van der Waals surface area (Å²) in [4.78, 5) is 2.26. The SMILES string of the molecule is CN(Cc1ccccc1N1CCCC1)S(=O)(=O)c1c(Cl)cccc1Cl. The molecule has 0 radical (unpaired) electrons. The van der Waals surface area contributed by atoms with Gasteiger partial charge >= 0.3 is 0 Å². The average Bonchev–Trinajstić information content (AvgIpc) is 3.09. The minimum Gasteiger partial charge on any atom is -0.371 e. The molecule has 1 aliphatic rings. The molecule has 0 spiro atoms. The van der Waals surface area contributed by atoms with Gasteiger partial charge < -0.3 is 4.90 Å². The third kappa shape index (κ3) is 3.80. The minimum absolute atomic E-state index is 0.0421. The topological polar surface area (TPSA) is 40.6 Å². The third-order valence-corrected chi connectivity index (χ3v) is 7.18. The van der Waals surface area contributed by atoms with Crippen LogP contribution in [0.25, 0.3) is 0 Å². The lowest BCUT2D eigenvalue weighted by Gasteiger charge is -2.24. The molecule has 1 aliphatic heterocycles. The number of nitrogens with zero attached hydrogens (tertiary/aromatic N) is 2. The molecule has 2 aromatic rings. The maximum atomic E-state index is 13.0. The molecule has 0 N–H and O–H groups in total. The van der Waals surface area contributed by atoms with Gasteiger partial charge in [-0.3, -0.25) is 0 Å². The van der Waals surface area contributed by atoms with Gasteiger partial charge in [-0.2, -0.15) is 4.31 Å². The molecule has 0 saturated carbocycles. The van der Waals surface area contributed by atoms with Gasteiger partial charge in [0.15, 0.2) is 0 Å². The minimum atomic E-state index is -3.79. The number of rotatable bonds is 5. The third-order valence-electron chi connectivity index (χ3n) is 4.42. The predicted octanol–water partition coefficient (Wildman–Crippen LogP) is 4.41. The van der Waals surface area contributed by atoms with Crippen molar-refractivity contribution in [1.29, 1.82) is 0 Å². The second-order valence-electron chi connectivity index (χ2n) is 6.13. The van der Waals surface area contributed by atoms with Crippen LogP contribution < -0.4 is 4.90 Å². The van der Waals surface area contributed by atoms with E-state index in [-0.39, 0.29) is 21.5 Å². The Labute approximate surface area is 159 Å². The summed E-state index contributed by atoms with van der Waals surface area (Å²) in [6.07, 6.45) is 2.33. The van der Waals surface area contributed by atoms with Crippen molar-refractivity contribution in [3.63, 3.8) is 0 Å². The number of sulfonamides is 1. The maximum absolute atomic E-state index is 13.0. The quantitative estimate of drug-likeness (QED) is 0.748. The first kappa shape index (κ1) is 18.5. The number of anilines is 1. The second-order valence-corrected chi connectivity index (χ2v) is 8.93. The number of hydrogen-bond acceptors (Lipinski definition) is 3. The molecule has 0 aromatic heterocycles. The van der Waals surface area contributed by atoms with Gasteiger partial charge in [0.05, 0.1) is 10.0 Å². The molecular formula is C18H20Cl2N2O2S. The Kier molecular flexibility index (Phi) is 5.58. The van der Waals surface area contributed by atoms with E-state index in [1.165, 1.54) is 16.4 Å². The first-order chi connectivity index (χ1) is 11.9. The summed E-state index contributed by atoms with van der Waals surface area (Å²) in [7, 11) is -2.24. The molecule has 134 valence electrons. The van der Waals surface area contributed by atoms with Crippen molar-refractivity contribution in [3.05, 3.63) is 58.1 Å². The van der Waals surface area contributed by atoms with Crippen molar-refractivity contribution < 1.29 is 8.42 Å². The second kappa shape index (κ2) is 7.54. The van der Waals surface area contributed by atoms with Crippen LogP contribution in [-0.2, 0) is 16.6 Å². The van der Waals surface area contributed by atoms with Crippen molar-refractivity contribution in [2.24, 2.45) is 0 Å². The first-order valence-electron chi connectivity index (χ1n) is 8.14. The van der Waals surface area contributed by atoms with E-state index in [4.69, 9.17) is 23.2 Å². The van der Waals surface area contributed by atoms with E-state index in [1.807, 2.05) is 24.3 Å². The number of para-hydroxylation sites is 1. The molecule has 1 saturated heterocycles. The number of hydrogen-bond donors (Lipinski definition) is 0. The van der Waals surface area contributed by atoms with Crippen LogP contribution in [0.15, 0.2) is 47.4 Å². The van der Waals surface area contributed by atoms with Gasteiger partial charge in [0, 0.05) is 32.4 Å². The average molecular weight is 399 g/mol. The lowest BCUT2D eigenvalue weighted by atomic mass is 10.1. The van der Waals surface area contributed by atoms with Gasteiger partial charge in [0.1, 0.15) is 4.90 Å². The van der Waals surface area contributed by atoms with Crippen LogP contribution in [0.2, 0.25) is 10.0 Å². The fourth-order valence-corrected chi connectivity index (χ4v) is 5.35. The highest BCUT2D eigenvalue weighted by Crippen LogP contribution is 2.32. The van der Waals surface area contributed by atoms with E-state index in [0.29, 0.717) is 0 Å². The molecule has 2 aromatic carbocycles. The summed E-state index contributed by atoms with van der Waals surface area (Å²) in [6.45, 7) is 2.27. The van der Waals surface area contributed by atoms with Gasteiger partial charge in [-0.1, -0.05) is 47.5 Å². The van der Waals surface area contributed by atoms with Crippen LogP contribution in [0, 0.1) is 0 Å². The van der Waals surface area contributed by atoms with E-state index in [1.54, 1.807) is 13.1 Å². The highest BCUT2D eigenvalue weighted by molar-refractivity contribution is 7.89. The summed E-state index contributed by atoms with van der Waals surface area (Å²) in [5.41, 5.74) is 2.06. The smallest absolute Gasteiger partial charge is 0.246 e. The van der Waals surface area contributed by atoms with Crippen LogP contribution in [-0.4, -0.2) is 32.9 Å². The van der Waals surface area contributed by atoms with Gasteiger partial charge in [-0.15, -0.1) is 0 Å². The summed E-state index contributed by atoms with van der Waals surface area (Å²) < 4.78 is 27.2. The normalized spacial score (nSPS) is 15.1. The van der Waals surface area contributed by atoms with Crippen molar-refractivity contribution in [2.45, 2.75) is 24.3 Å². The first-order valence-corrected chi connectivity index (χ1v) is 10.3. The van der Waals surface area contributed by atoms with E-state index < -0.39 is 10.0 Å². The molecule has 25 heavy (non-hydrogen) atoms. The van der Waals surface area contributed by atoms with E-state index in [9.17, 15) is 8.42 Å². The molecule has 4 nitrogen and oxygen atoms in total. The molecule has 0 aliphatic carbocycles. The monoisotopic (exact) mass is 398 g/mol. The molecule has 0 bridgehead atoms. The molecular weight excluding hydrogens is 379 g/mol. The van der Waals surface area contributed by atoms with Crippen LogP contribution >= 0.6 is 23.2 Å². The van der Waals surface area contributed by atoms with Crippen LogP contribution in [0.3, 0.4) is 0 Å². The molecule has 1 fully saturated rings.